The van der Waals surface area contributed by atoms with E-state index in [0.717, 1.165) is 24.8 Å². The molecule has 5 heteroatoms. The molecule has 0 radical (unpaired) electrons. The van der Waals surface area contributed by atoms with Gasteiger partial charge >= 0.3 is 0 Å². The van der Waals surface area contributed by atoms with Gasteiger partial charge in [0.15, 0.2) is 0 Å². The van der Waals surface area contributed by atoms with E-state index in [-0.39, 0.29) is 12.5 Å². The summed E-state index contributed by atoms with van der Waals surface area (Å²) in [6.07, 6.45) is 2.69. The molecule has 0 heterocycles. The first-order valence-corrected chi connectivity index (χ1v) is 7.67. The molecule has 1 saturated carbocycles. The van der Waals surface area contributed by atoms with Crippen LogP contribution in [0.4, 0.5) is 0 Å². The highest BCUT2D eigenvalue weighted by molar-refractivity contribution is 6.30. The third-order valence-electron chi connectivity index (χ3n) is 4.14. The highest BCUT2D eigenvalue weighted by atomic mass is 35.5. The van der Waals surface area contributed by atoms with E-state index in [2.05, 4.69) is 5.32 Å². The van der Waals surface area contributed by atoms with Crippen molar-refractivity contribution < 1.29 is 14.6 Å². The molecule has 1 aromatic rings. The fraction of sp³-hybridized carbons (Fsp3) is 0.562. The van der Waals surface area contributed by atoms with Gasteiger partial charge in [-0.1, -0.05) is 30.2 Å². The van der Waals surface area contributed by atoms with E-state index in [4.69, 9.17) is 16.3 Å². The Morgan fingerprint density at radius 2 is 2.29 bits per heavy atom. The highest BCUT2D eigenvalue weighted by Gasteiger charge is 2.45. The van der Waals surface area contributed by atoms with Gasteiger partial charge in [0, 0.05) is 18.7 Å². The fourth-order valence-corrected chi connectivity index (χ4v) is 2.95. The number of ether oxygens (including phenoxy) is 1. The van der Waals surface area contributed by atoms with E-state index >= 15 is 0 Å². The zero-order valence-electron chi connectivity index (χ0n) is 12.3. The molecule has 1 atom stereocenters. The third kappa shape index (κ3) is 3.76. The Morgan fingerprint density at radius 1 is 1.52 bits per heavy atom. The second-order valence-corrected chi connectivity index (χ2v) is 6.04. The van der Waals surface area contributed by atoms with Crippen molar-refractivity contribution in [2.24, 2.45) is 0 Å². The molecule has 0 aliphatic heterocycles. The summed E-state index contributed by atoms with van der Waals surface area (Å²) < 4.78 is 4.87. The van der Waals surface area contributed by atoms with Crippen molar-refractivity contribution in [3.05, 3.63) is 34.9 Å². The molecule has 116 valence electrons. The minimum absolute atomic E-state index is 0.0284. The SMILES string of the molecule is COCC(O)CCNC(=O)C1(c2cccc(Cl)c2)CCC1. The smallest absolute Gasteiger partial charge is 0.230 e. The van der Waals surface area contributed by atoms with Crippen LogP contribution in [0.15, 0.2) is 24.3 Å². The number of amides is 1. The molecule has 21 heavy (non-hydrogen) atoms. The van der Waals surface area contributed by atoms with Gasteiger partial charge in [-0.3, -0.25) is 4.79 Å². The highest BCUT2D eigenvalue weighted by Crippen LogP contribution is 2.44. The van der Waals surface area contributed by atoms with Crippen molar-refractivity contribution in [3.63, 3.8) is 0 Å². The molecule has 4 nitrogen and oxygen atoms in total. The molecule has 2 rings (SSSR count). The standard InChI is InChI=1S/C16H22ClNO3/c1-21-11-14(19)6-9-18-15(20)16(7-3-8-16)12-4-2-5-13(17)10-12/h2,4-5,10,14,19H,3,6-9,11H2,1H3,(H,18,20). The van der Waals surface area contributed by atoms with E-state index in [1.165, 1.54) is 0 Å². The largest absolute Gasteiger partial charge is 0.391 e. The van der Waals surface area contributed by atoms with Crippen LogP contribution >= 0.6 is 11.6 Å². The van der Waals surface area contributed by atoms with Gasteiger partial charge in [0.2, 0.25) is 5.91 Å². The van der Waals surface area contributed by atoms with E-state index in [1.54, 1.807) is 7.11 Å². The normalized spacial score (nSPS) is 17.9. The molecule has 1 aliphatic rings. The van der Waals surface area contributed by atoms with Crippen LogP contribution < -0.4 is 5.32 Å². The van der Waals surface area contributed by atoms with Crippen LogP contribution in [0.1, 0.15) is 31.2 Å². The topological polar surface area (TPSA) is 58.6 Å². The van der Waals surface area contributed by atoms with Crippen LogP contribution in [0.3, 0.4) is 0 Å². The summed E-state index contributed by atoms with van der Waals surface area (Å²) in [7, 11) is 1.55. The summed E-state index contributed by atoms with van der Waals surface area (Å²) in [6.45, 7) is 0.737. The maximum atomic E-state index is 12.5. The molecule has 1 amide bonds. The number of methoxy groups -OCH3 is 1. The number of carbonyl (C=O) groups is 1. The Morgan fingerprint density at radius 3 is 2.86 bits per heavy atom. The number of halogens is 1. The summed E-state index contributed by atoms with van der Waals surface area (Å²) in [4.78, 5) is 12.5. The molecule has 2 N–H and O–H groups in total. The van der Waals surface area contributed by atoms with Crippen molar-refractivity contribution in [2.75, 3.05) is 20.3 Å². The summed E-state index contributed by atoms with van der Waals surface area (Å²) >= 11 is 6.04. The number of nitrogens with one attached hydrogen (secondary N) is 1. The molecule has 0 bridgehead atoms. The lowest BCUT2D eigenvalue weighted by molar-refractivity contribution is -0.130. The zero-order valence-corrected chi connectivity index (χ0v) is 13.0. The van der Waals surface area contributed by atoms with Gasteiger partial charge in [-0.25, -0.2) is 0 Å². The Hall–Kier alpha value is -1.10. The lowest BCUT2D eigenvalue weighted by Gasteiger charge is -2.40. The Balaban J connectivity index is 1.96. The van der Waals surface area contributed by atoms with Crippen LogP contribution in [0.2, 0.25) is 5.02 Å². The number of benzene rings is 1. The number of aliphatic hydroxyl groups excluding tert-OH is 1. The first-order chi connectivity index (χ1) is 10.1. The summed E-state index contributed by atoms with van der Waals surface area (Å²) in [5.74, 6) is 0.0284. The van der Waals surface area contributed by atoms with Crippen LogP contribution in [0.25, 0.3) is 0 Å². The van der Waals surface area contributed by atoms with Gasteiger partial charge in [-0.15, -0.1) is 0 Å². The zero-order chi connectivity index (χ0) is 15.3. The molecule has 1 aromatic carbocycles. The van der Waals surface area contributed by atoms with Crippen molar-refractivity contribution in [1.29, 1.82) is 0 Å². The van der Waals surface area contributed by atoms with E-state index in [1.807, 2.05) is 24.3 Å². The second kappa shape index (κ2) is 7.25. The fourth-order valence-electron chi connectivity index (χ4n) is 2.76. The Kier molecular flexibility index (Phi) is 5.62. The maximum Gasteiger partial charge on any atom is 0.230 e. The van der Waals surface area contributed by atoms with Crippen molar-refractivity contribution in [3.8, 4) is 0 Å². The average molecular weight is 312 g/mol. The van der Waals surface area contributed by atoms with Crippen molar-refractivity contribution in [1.82, 2.24) is 5.32 Å². The molecule has 0 spiro atoms. The first-order valence-electron chi connectivity index (χ1n) is 7.30. The first kappa shape index (κ1) is 16.3. The number of hydrogen-bond donors (Lipinski definition) is 2. The van der Waals surface area contributed by atoms with Gasteiger partial charge in [0.25, 0.3) is 0 Å². The van der Waals surface area contributed by atoms with Gasteiger partial charge < -0.3 is 15.2 Å². The summed E-state index contributed by atoms with van der Waals surface area (Å²) in [5.41, 5.74) is 0.535. The quantitative estimate of drug-likeness (QED) is 0.812. The Bertz CT molecular complexity index is 488. The molecular weight excluding hydrogens is 290 g/mol. The molecular formula is C16H22ClNO3. The molecule has 0 aromatic heterocycles. The van der Waals surface area contributed by atoms with Crippen LogP contribution in [-0.4, -0.2) is 37.4 Å². The van der Waals surface area contributed by atoms with Gasteiger partial charge in [-0.05, 0) is 37.0 Å². The average Bonchev–Trinajstić information content (AvgIpc) is 2.38. The van der Waals surface area contributed by atoms with Gasteiger partial charge in [-0.2, -0.15) is 0 Å². The molecule has 1 fully saturated rings. The number of carbonyl (C=O) groups excluding carboxylic acids is 1. The molecule has 0 saturated heterocycles. The second-order valence-electron chi connectivity index (χ2n) is 5.60. The van der Waals surface area contributed by atoms with Crippen molar-refractivity contribution in [2.45, 2.75) is 37.2 Å². The van der Waals surface area contributed by atoms with E-state index in [9.17, 15) is 9.90 Å². The van der Waals surface area contributed by atoms with E-state index in [0.29, 0.717) is 18.0 Å². The maximum absolute atomic E-state index is 12.5. The minimum Gasteiger partial charge on any atom is -0.391 e. The van der Waals surface area contributed by atoms with Crippen LogP contribution in [-0.2, 0) is 14.9 Å². The predicted molar refractivity (Wildman–Crippen MR) is 82.5 cm³/mol. The Labute approximate surface area is 130 Å². The number of aliphatic hydroxyl groups is 1. The van der Waals surface area contributed by atoms with Crippen molar-refractivity contribution >= 4 is 17.5 Å². The van der Waals surface area contributed by atoms with Gasteiger partial charge in [0.05, 0.1) is 18.1 Å². The van der Waals surface area contributed by atoms with Gasteiger partial charge in [0.1, 0.15) is 0 Å². The lowest BCUT2D eigenvalue weighted by atomic mass is 9.64. The van der Waals surface area contributed by atoms with E-state index < -0.39 is 11.5 Å². The number of rotatable bonds is 7. The lowest BCUT2D eigenvalue weighted by Crippen LogP contribution is -2.49. The third-order valence-corrected chi connectivity index (χ3v) is 4.38. The molecule has 1 unspecified atom stereocenters. The molecule has 1 aliphatic carbocycles. The minimum atomic E-state index is -0.543. The predicted octanol–water partition coefficient (Wildman–Crippen LogP) is 2.28. The van der Waals surface area contributed by atoms with Crippen LogP contribution in [0.5, 0.6) is 0 Å². The number of hydrogen-bond acceptors (Lipinski definition) is 3. The summed E-state index contributed by atoms with van der Waals surface area (Å²) in [6, 6.07) is 7.54. The monoisotopic (exact) mass is 311 g/mol. The van der Waals surface area contributed by atoms with Crippen LogP contribution in [0, 0.1) is 0 Å². The summed E-state index contributed by atoms with van der Waals surface area (Å²) in [5, 5.41) is 13.2.